The maximum atomic E-state index is 11.5. The van der Waals surface area contributed by atoms with Gasteiger partial charge in [0.15, 0.2) is 0 Å². The van der Waals surface area contributed by atoms with Crippen LogP contribution in [0, 0.1) is 0 Å². The van der Waals surface area contributed by atoms with Gasteiger partial charge in [0, 0.05) is 19.1 Å². The van der Waals surface area contributed by atoms with Gasteiger partial charge in [0.1, 0.15) is 5.78 Å². The average molecular weight is 198 g/mol. The molecule has 14 heavy (non-hydrogen) atoms. The maximum absolute atomic E-state index is 11.5. The van der Waals surface area contributed by atoms with Crippen LogP contribution in [0.1, 0.15) is 26.2 Å². The minimum Gasteiger partial charge on any atom is -0.342 e. The number of likely N-dealkylation sites (tertiary alicyclic amines) is 1. The molecule has 0 radical (unpaired) electrons. The van der Waals surface area contributed by atoms with Gasteiger partial charge in [-0.3, -0.25) is 9.59 Å². The molecule has 1 fully saturated rings. The van der Waals surface area contributed by atoms with Gasteiger partial charge in [-0.1, -0.05) is 0 Å². The SMILES string of the molecule is CNC1CCN(C(=O)CC(C)=O)CC1. The van der Waals surface area contributed by atoms with E-state index in [2.05, 4.69) is 5.32 Å². The number of amides is 1. The lowest BCUT2D eigenvalue weighted by Crippen LogP contribution is -2.44. The number of nitrogens with one attached hydrogen (secondary N) is 1. The van der Waals surface area contributed by atoms with Crippen molar-refractivity contribution in [2.45, 2.75) is 32.2 Å². The fourth-order valence-corrected chi connectivity index (χ4v) is 1.74. The Morgan fingerprint density at radius 1 is 1.36 bits per heavy atom. The number of Topliss-reactive ketones (excluding diaryl/α,β-unsaturated/α-hetero) is 1. The summed E-state index contributed by atoms with van der Waals surface area (Å²) in [5.74, 6) is -0.0715. The fraction of sp³-hybridized carbons (Fsp3) is 0.800. The molecule has 0 unspecified atom stereocenters. The summed E-state index contributed by atoms with van der Waals surface area (Å²) in [4.78, 5) is 24.0. The Morgan fingerprint density at radius 2 is 1.93 bits per heavy atom. The Bertz CT molecular complexity index is 220. The minimum absolute atomic E-state index is 0.0212. The third-order valence-corrected chi connectivity index (χ3v) is 2.66. The zero-order chi connectivity index (χ0) is 10.6. The number of carbonyl (C=O) groups is 2. The van der Waals surface area contributed by atoms with Crippen molar-refractivity contribution in [2.24, 2.45) is 0 Å². The standard InChI is InChI=1S/C10H18N2O2/c1-8(13)7-10(14)12-5-3-9(11-2)4-6-12/h9,11H,3-7H2,1-2H3. The van der Waals surface area contributed by atoms with Crippen LogP contribution in [0.2, 0.25) is 0 Å². The summed E-state index contributed by atoms with van der Waals surface area (Å²) in [5, 5.41) is 3.20. The van der Waals surface area contributed by atoms with Crippen LogP contribution >= 0.6 is 0 Å². The summed E-state index contributed by atoms with van der Waals surface area (Å²) in [6.07, 6.45) is 2.03. The molecule has 0 saturated carbocycles. The first-order valence-corrected chi connectivity index (χ1v) is 5.08. The van der Waals surface area contributed by atoms with Crippen molar-refractivity contribution < 1.29 is 9.59 Å². The zero-order valence-electron chi connectivity index (χ0n) is 8.88. The van der Waals surface area contributed by atoms with Gasteiger partial charge < -0.3 is 10.2 Å². The molecule has 0 atom stereocenters. The molecule has 0 aromatic rings. The van der Waals surface area contributed by atoms with E-state index in [4.69, 9.17) is 0 Å². The fourth-order valence-electron chi connectivity index (χ4n) is 1.74. The smallest absolute Gasteiger partial charge is 0.230 e. The van der Waals surface area contributed by atoms with Gasteiger partial charge >= 0.3 is 0 Å². The molecule has 1 rings (SSSR count). The highest BCUT2D eigenvalue weighted by atomic mass is 16.2. The van der Waals surface area contributed by atoms with E-state index in [-0.39, 0.29) is 18.1 Å². The van der Waals surface area contributed by atoms with E-state index in [0.717, 1.165) is 25.9 Å². The zero-order valence-corrected chi connectivity index (χ0v) is 8.88. The van der Waals surface area contributed by atoms with Crippen LogP contribution in [0.5, 0.6) is 0 Å². The summed E-state index contributed by atoms with van der Waals surface area (Å²) in [7, 11) is 1.94. The maximum Gasteiger partial charge on any atom is 0.230 e. The van der Waals surface area contributed by atoms with E-state index >= 15 is 0 Å². The molecule has 80 valence electrons. The van der Waals surface area contributed by atoms with Crippen LogP contribution < -0.4 is 5.32 Å². The van der Waals surface area contributed by atoms with Crippen molar-refractivity contribution >= 4 is 11.7 Å². The molecule has 0 aliphatic carbocycles. The lowest BCUT2D eigenvalue weighted by molar-refractivity contribution is -0.135. The second-order valence-corrected chi connectivity index (χ2v) is 3.82. The van der Waals surface area contributed by atoms with Crippen LogP contribution in [0.25, 0.3) is 0 Å². The Hall–Kier alpha value is -0.900. The molecule has 0 spiro atoms. The molecule has 1 aliphatic heterocycles. The van der Waals surface area contributed by atoms with Crippen molar-refractivity contribution in [3.63, 3.8) is 0 Å². The molecule has 1 heterocycles. The van der Waals surface area contributed by atoms with Crippen LogP contribution in [0.4, 0.5) is 0 Å². The van der Waals surface area contributed by atoms with E-state index in [1.165, 1.54) is 6.92 Å². The Morgan fingerprint density at radius 3 is 2.36 bits per heavy atom. The van der Waals surface area contributed by atoms with Gasteiger partial charge in [0.05, 0.1) is 6.42 Å². The topological polar surface area (TPSA) is 49.4 Å². The van der Waals surface area contributed by atoms with Gasteiger partial charge in [0.2, 0.25) is 5.91 Å². The summed E-state index contributed by atoms with van der Waals surface area (Å²) in [6, 6.07) is 0.524. The van der Waals surface area contributed by atoms with Crippen molar-refractivity contribution in [2.75, 3.05) is 20.1 Å². The predicted molar refractivity (Wildman–Crippen MR) is 54.0 cm³/mol. The quantitative estimate of drug-likeness (QED) is 0.658. The van der Waals surface area contributed by atoms with Crippen LogP contribution in [-0.4, -0.2) is 42.8 Å². The van der Waals surface area contributed by atoms with E-state index in [1.807, 2.05) is 7.05 Å². The summed E-state index contributed by atoms with van der Waals surface area (Å²) in [5.41, 5.74) is 0. The number of hydrogen-bond acceptors (Lipinski definition) is 3. The average Bonchev–Trinajstić information content (AvgIpc) is 2.17. The summed E-state index contributed by atoms with van der Waals surface area (Å²) >= 11 is 0. The number of rotatable bonds is 3. The lowest BCUT2D eigenvalue weighted by atomic mass is 10.0. The monoisotopic (exact) mass is 198 g/mol. The number of ketones is 1. The lowest BCUT2D eigenvalue weighted by Gasteiger charge is -2.31. The Kier molecular flexibility index (Phi) is 4.07. The molecule has 0 aromatic carbocycles. The molecule has 1 N–H and O–H groups in total. The van der Waals surface area contributed by atoms with Gasteiger partial charge in [-0.05, 0) is 26.8 Å². The van der Waals surface area contributed by atoms with Crippen molar-refractivity contribution in [1.82, 2.24) is 10.2 Å². The molecule has 1 saturated heterocycles. The molecule has 1 amide bonds. The van der Waals surface area contributed by atoms with Gasteiger partial charge in [0.25, 0.3) is 0 Å². The first kappa shape index (κ1) is 11.2. The third kappa shape index (κ3) is 3.10. The van der Waals surface area contributed by atoms with Crippen LogP contribution in [0.3, 0.4) is 0 Å². The van der Waals surface area contributed by atoms with Crippen LogP contribution in [0.15, 0.2) is 0 Å². The molecular weight excluding hydrogens is 180 g/mol. The highest BCUT2D eigenvalue weighted by molar-refractivity contribution is 5.96. The van der Waals surface area contributed by atoms with Crippen molar-refractivity contribution in [3.8, 4) is 0 Å². The minimum atomic E-state index is -0.0502. The first-order chi connectivity index (χ1) is 6.63. The number of hydrogen-bond donors (Lipinski definition) is 1. The van der Waals surface area contributed by atoms with Crippen molar-refractivity contribution in [1.29, 1.82) is 0 Å². The first-order valence-electron chi connectivity index (χ1n) is 5.08. The largest absolute Gasteiger partial charge is 0.342 e. The van der Waals surface area contributed by atoms with E-state index in [9.17, 15) is 9.59 Å². The highest BCUT2D eigenvalue weighted by Crippen LogP contribution is 2.10. The highest BCUT2D eigenvalue weighted by Gasteiger charge is 2.21. The summed E-state index contributed by atoms with van der Waals surface area (Å²) < 4.78 is 0. The predicted octanol–water partition coefficient (Wildman–Crippen LogP) is 0.176. The number of nitrogens with zero attached hydrogens (tertiary/aromatic N) is 1. The number of carbonyl (C=O) groups excluding carboxylic acids is 2. The molecule has 0 bridgehead atoms. The van der Waals surface area contributed by atoms with Gasteiger partial charge in [-0.2, -0.15) is 0 Å². The van der Waals surface area contributed by atoms with E-state index in [0.29, 0.717) is 6.04 Å². The number of piperidine rings is 1. The van der Waals surface area contributed by atoms with Gasteiger partial charge in [-0.15, -0.1) is 0 Å². The molecule has 4 heteroatoms. The molecular formula is C10H18N2O2. The normalized spacial score (nSPS) is 18.3. The Balaban J connectivity index is 2.34. The second-order valence-electron chi connectivity index (χ2n) is 3.82. The Labute approximate surface area is 84.7 Å². The van der Waals surface area contributed by atoms with E-state index in [1.54, 1.807) is 4.90 Å². The molecule has 4 nitrogen and oxygen atoms in total. The van der Waals surface area contributed by atoms with E-state index < -0.39 is 0 Å². The van der Waals surface area contributed by atoms with Crippen molar-refractivity contribution in [3.05, 3.63) is 0 Å². The van der Waals surface area contributed by atoms with Gasteiger partial charge in [-0.25, -0.2) is 0 Å². The summed E-state index contributed by atoms with van der Waals surface area (Å²) in [6.45, 7) is 3.01. The second kappa shape index (κ2) is 5.10. The molecule has 0 aromatic heterocycles. The third-order valence-electron chi connectivity index (χ3n) is 2.66. The van der Waals surface area contributed by atoms with Crippen LogP contribution in [-0.2, 0) is 9.59 Å². The molecule has 1 aliphatic rings.